The molecule has 1 aromatic heterocycles. The third-order valence-electron chi connectivity index (χ3n) is 3.29. The van der Waals surface area contributed by atoms with Crippen molar-refractivity contribution in [3.63, 3.8) is 0 Å². The maximum Gasteiger partial charge on any atom is 0.330 e. The summed E-state index contributed by atoms with van der Waals surface area (Å²) in [5, 5.41) is 29.1. The zero-order valence-corrected chi connectivity index (χ0v) is 10.4. The van der Waals surface area contributed by atoms with Gasteiger partial charge < -0.3 is 20.1 Å². The highest BCUT2D eigenvalue weighted by Gasteiger charge is 2.55. The molecule has 8 nitrogen and oxygen atoms in total. The first-order chi connectivity index (χ1) is 9.46. The molecule has 1 aromatic rings. The number of aromatic amines is 1. The van der Waals surface area contributed by atoms with E-state index in [0.717, 1.165) is 16.8 Å². The monoisotopic (exact) mass is 282 g/mol. The minimum Gasteiger partial charge on any atom is -0.394 e. The third kappa shape index (κ3) is 2.07. The van der Waals surface area contributed by atoms with Gasteiger partial charge in [-0.2, -0.15) is 0 Å². The fourth-order valence-electron chi connectivity index (χ4n) is 2.31. The summed E-state index contributed by atoms with van der Waals surface area (Å²) < 4.78 is 6.33. The van der Waals surface area contributed by atoms with E-state index in [1.54, 1.807) is 0 Å². The van der Waals surface area contributed by atoms with Gasteiger partial charge in [0.15, 0.2) is 5.72 Å². The number of aliphatic hydroxyl groups is 3. The number of nitrogens with zero attached hydrogens (tertiary/aromatic N) is 1. The van der Waals surface area contributed by atoms with Gasteiger partial charge in [0.25, 0.3) is 5.56 Å². The Morgan fingerprint density at radius 2 is 2.20 bits per heavy atom. The summed E-state index contributed by atoms with van der Waals surface area (Å²) in [6.45, 7) is -0.553. The molecule has 1 saturated heterocycles. The molecular weight excluding hydrogens is 268 g/mol. The van der Waals surface area contributed by atoms with E-state index in [1.165, 1.54) is 0 Å². The van der Waals surface area contributed by atoms with E-state index in [-0.39, 0.29) is 6.42 Å². The van der Waals surface area contributed by atoms with Crippen LogP contribution in [-0.2, 0) is 10.5 Å². The third-order valence-corrected chi connectivity index (χ3v) is 3.29. The molecule has 2 unspecified atom stereocenters. The van der Waals surface area contributed by atoms with E-state index in [1.807, 2.05) is 4.98 Å². The molecule has 1 aliphatic rings. The van der Waals surface area contributed by atoms with Crippen molar-refractivity contribution in [2.24, 2.45) is 0 Å². The Kier molecular flexibility index (Phi) is 3.78. The summed E-state index contributed by atoms with van der Waals surface area (Å²) in [4.78, 5) is 25.0. The second-order valence-corrected chi connectivity index (χ2v) is 4.48. The normalized spacial score (nSPS) is 33.0. The van der Waals surface area contributed by atoms with Gasteiger partial charge in [-0.1, -0.05) is 0 Å². The Bertz CT molecular complexity index is 644. The minimum absolute atomic E-state index is 0.228. The standard InChI is InChI=1S/C12H14N2O6/c1-2-4-12(10(18)9(17)7(6-15)20-12)14-5-3-8(16)13-11(14)19/h1,3,5,7,9-10,15,17-18H,4,6H2,(H,13,16,19)/t7-,9?,10?,12-/m0/s1. The molecule has 4 atom stereocenters. The van der Waals surface area contributed by atoms with Crippen molar-refractivity contribution in [2.45, 2.75) is 30.5 Å². The minimum atomic E-state index is -1.73. The molecule has 8 heteroatoms. The molecule has 0 amide bonds. The van der Waals surface area contributed by atoms with Crippen LogP contribution in [0.25, 0.3) is 0 Å². The number of hydrogen-bond acceptors (Lipinski definition) is 6. The molecule has 0 spiro atoms. The van der Waals surface area contributed by atoms with Gasteiger partial charge in [0.1, 0.15) is 18.3 Å². The molecule has 2 rings (SSSR count). The summed E-state index contributed by atoms with van der Waals surface area (Å²) in [5.74, 6) is 2.26. The van der Waals surface area contributed by atoms with Crippen LogP contribution in [0.4, 0.5) is 0 Å². The Labute approximate surface area is 113 Å². The van der Waals surface area contributed by atoms with Crippen molar-refractivity contribution in [2.75, 3.05) is 6.61 Å². The average Bonchev–Trinajstić information content (AvgIpc) is 2.65. The first-order valence-electron chi connectivity index (χ1n) is 5.87. The van der Waals surface area contributed by atoms with Crippen molar-refractivity contribution in [3.8, 4) is 12.3 Å². The molecule has 0 aromatic carbocycles. The van der Waals surface area contributed by atoms with Gasteiger partial charge in [0, 0.05) is 12.3 Å². The predicted octanol–water partition coefficient (Wildman–Crippen LogP) is -2.67. The lowest BCUT2D eigenvalue weighted by atomic mass is 9.99. The van der Waals surface area contributed by atoms with E-state index in [0.29, 0.717) is 0 Å². The van der Waals surface area contributed by atoms with Gasteiger partial charge in [-0.15, -0.1) is 12.3 Å². The fourth-order valence-corrected chi connectivity index (χ4v) is 2.31. The van der Waals surface area contributed by atoms with Crippen LogP contribution in [-0.4, -0.2) is 49.8 Å². The number of terminal acetylenes is 1. The van der Waals surface area contributed by atoms with E-state index in [2.05, 4.69) is 5.92 Å². The van der Waals surface area contributed by atoms with E-state index in [4.69, 9.17) is 16.3 Å². The zero-order valence-electron chi connectivity index (χ0n) is 10.4. The van der Waals surface area contributed by atoms with Gasteiger partial charge in [-0.3, -0.25) is 14.3 Å². The van der Waals surface area contributed by atoms with Crippen molar-refractivity contribution < 1.29 is 20.1 Å². The average molecular weight is 282 g/mol. The van der Waals surface area contributed by atoms with Crippen LogP contribution in [0.1, 0.15) is 6.42 Å². The van der Waals surface area contributed by atoms with Gasteiger partial charge in [-0.05, 0) is 0 Å². The highest BCUT2D eigenvalue weighted by Crippen LogP contribution is 2.37. The van der Waals surface area contributed by atoms with Gasteiger partial charge in [-0.25, -0.2) is 4.79 Å². The number of aromatic nitrogens is 2. The van der Waals surface area contributed by atoms with Gasteiger partial charge in [0.2, 0.25) is 0 Å². The number of rotatable bonds is 3. The Hall–Kier alpha value is -1.92. The predicted molar refractivity (Wildman–Crippen MR) is 66.7 cm³/mol. The van der Waals surface area contributed by atoms with Crippen molar-refractivity contribution in [1.29, 1.82) is 0 Å². The van der Waals surface area contributed by atoms with Gasteiger partial charge >= 0.3 is 5.69 Å². The van der Waals surface area contributed by atoms with Crippen molar-refractivity contribution in [3.05, 3.63) is 33.1 Å². The highest BCUT2D eigenvalue weighted by atomic mass is 16.6. The van der Waals surface area contributed by atoms with Crippen LogP contribution < -0.4 is 11.2 Å². The highest BCUT2D eigenvalue weighted by molar-refractivity contribution is 5.07. The number of nitrogens with one attached hydrogen (secondary N) is 1. The smallest absolute Gasteiger partial charge is 0.330 e. The molecule has 20 heavy (non-hydrogen) atoms. The summed E-state index contributed by atoms with van der Waals surface area (Å²) in [5.41, 5.74) is -3.19. The molecule has 0 aliphatic carbocycles. The van der Waals surface area contributed by atoms with Crippen LogP contribution in [0.2, 0.25) is 0 Å². The number of H-pyrrole nitrogens is 1. The summed E-state index contributed by atoms with van der Waals surface area (Å²) >= 11 is 0. The first-order valence-corrected chi connectivity index (χ1v) is 5.87. The van der Waals surface area contributed by atoms with Crippen LogP contribution in [0.5, 0.6) is 0 Å². The second-order valence-electron chi connectivity index (χ2n) is 4.48. The maximum absolute atomic E-state index is 11.9. The molecule has 0 bridgehead atoms. The largest absolute Gasteiger partial charge is 0.394 e. The Balaban J connectivity index is 2.59. The summed E-state index contributed by atoms with van der Waals surface area (Å²) in [6.07, 6.45) is 2.10. The molecule has 1 aliphatic heterocycles. The molecular formula is C12H14N2O6. The van der Waals surface area contributed by atoms with Crippen LogP contribution in [0.15, 0.2) is 21.9 Å². The zero-order chi connectivity index (χ0) is 14.9. The lowest BCUT2D eigenvalue weighted by Crippen LogP contribution is -2.51. The molecule has 0 radical (unpaired) electrons. The lowest BCUT2D eigenvalue weighted by molar-refractivity contribution is -0.146. The van der Waals surface area contributed by atoms with Gasteiger partial charge in [0.05, 0.1) is 13.0 Å². The molecule has 2 heterocycles. The molecule has 0 saturated carbocycles. The maximum atomic E-state index is 11.9. The Morgan fingerprint density at radius 1 is 1.50 bits per heavy atom. The quantitative estimate of drug-likeness (QED) is 0.448. The number of ether oxygens (including phenoxy) is 1. The molecule has 108 valence electrons. The van der Waals surface area contributed by atoms with Crippen LogP contribution in [0, 0.1) is 12.3 Å². The summed E-state index contributed by atoms with van der Waals surface area (Å²) in [7, 11) is 0. The topological polar surface area (TPSA) is 125 Å². The lowest BCUT2D eigenvalue weighted by Gasteiger charge is -2.32. The second kappa shape index (κ2) is 5.22. The summed E-state index contributed by atoms with van der Waals surface area (Å²) in [6, 6.07) is 1.06. The van der Waals surface area contributed by atoms with E-state index >= 15 is 0 Å². The molecule has 4 N–H and O–H groups in total. The van der Waals surface area contributed by atoms with Crippen molar-refractivity contribution >= 4 is 0 Å². The van der Waals surface area contributed by atoms with E-state index in [9.17, 15) is 19.8 Å². The van der Waals surface area contributed by atoms with Crippen LogP contribution in [0.3, 0.4) is 0 Å². The van der Waals surface area contributed by atoms with Crippen LogP contribution >= 0.6 is 0 Å². The SMILES string of the molecule is C#CC[C@]1(n2ccc(=O)[nH]c2=O)O[C@@H](CO)C(O)C1O. The Morgan fingerprint density at radius 3 is 2.70 bits per heavy atom. The first kappa shape index (κ1) is 14.5. The van der Waals surface area contributed by atoms with Crippen molar-refractivity contribution in [1.82, 2.24) is 9.55 Å². The fraction of sp³-hybridized carbons (Fsp3) is 0.500. The van der Waals surface area contributed by atoms with E-state index < -0.39 is 41.9 Å². The number of hydrogen-bond donors (Lipinski definition) is 4. The molecule has 1 fully saturated rings. The number of aliphatic hydroxyl groups excluding tert-OH is 3.